The predicted octanol–water partition coefficient (Wildman–Crippen LogP) is 6.19. The van der Waals surface area contributed by atoms with Crippen LogP contribution in [0.2, 0.25) is 0 Å². The molecule has 0 spiro atoms. The van der Waals surface area contributed by atoms with Crippen molar-refractivity contribution in [3.63, 3.8) is 0 Å². The minimum Gasteiger partial charge on any atom is -0.399 e. The standard InChI is InChI=1S/C22H19F3N2O/c1-3-19(27-28-2)20-14-13-18(21(26-20)16-7-5-4-6-8-16)15-9-11-17(12-10-15)22(23,24)25/h4-14H,3H2,1-2H3. The zero-order valence-corrected chi connectivity index (χ0v) is 15.5. The highest BCUT2D eigenvalue weighted by molar-refractivity contribution is 5.99. The van der Waals surface area contributed by atoms with Crippen LogP contribution in [0.1, 0.15) is 24.6 Å². The zero-order valence-electron chi connectivity index (χ0n) is 15.5. The second-order valence-electron chi connectivity index (χ2n) is 6.11. The summed E-state index contributed by atoms with van der Waals surface area (Å²) in [6, 6.07) is 18.3. The van der Waals surface area contributed by atoms with E-state index in [-0.39, 0.29) is 0 Å². The second-order valence-corrected chi connectivity index (χ2v) is 6.11. The Balaban J connectivity index is 2.14. The number of oxime groups is 1. The highest BCUT2D eigenvalue weighted by Gasteiger charge is 2.30. The largest absolute Gasteiger partial charge is 0.416 e. The molecule has 0 bridgehead atoms. The summed E-state index contributed by atoms with van der Waals surface area (Å²) in [5.41, 5.74) is 3.63. The highest BCUT2D eigenvalue weighted by Crippen LogP contribution is 2.34. The van der Waals surface area contributed by atoms with Crippen LogP contribution in [-0.2, 0) is 11.0 Å². The third kappa shape index (κ3) is 4.22. The number of nitrogens with zero attached hydrogens (tertiary/aromatic N) is 2. The molecule has 0 radical (unpaired) electrons. The molecule has 2 aromatic carbocycles. The molecule has 3 rings (SSSR count). The molecular weight excluding hydrogens is 365 g/mol. The SMILES string of the molecule is CCC(=NOC)c1ccc(-c2ccc(C(F)(F)F)cc2)c(-c2ccccc2)n1. The number of alkyl halides is 3. The Kier molecular flexibility index (Phi) is 5.78. The number of benzene rings is 2. The maximum Gasteiger partial charge on any atom is 0.416 e. The summed E-state index contributed by atoms with van der Waals surface area (Å²) < 4.78 is 38.6. The molecule has 0 saturated carbocycles. The van der Waals surface area contributed by atoms with E-state index in [0.29, 0.717) is 29.1 Å². The van der Waals surface area contributed by atoms with E-state index in [2.05, 4.69) is 5.16 Å². The van der Waals surface area contributed by atoms with Gasteiger partial charge in [-0.25, -0.2) is 4.98 Å². The van der Waals surface area contributed by atoms with Gasteiger partial charge in [-0.15, -0.1) is 0 Å². The quantitative estimate of drug-likeness (QED) is 0.388. The van der Waals surface area contributed by atoms with Crippen molar-refractivity contribution in [2.75, 3.05) is 7.11 Å². The summed E-state index contributed by atoms with van der Waals surface area (Å²) >= 11 is 0. The summed E-state index contributed by atoms with van der Waals surface area (Å²) in [7, 11) is 1.48. The van der Waals surface area contributed by atoms with E-state index in [9.17, 15) is 13.2 Å². The van der Waals surface area contributed by atoms with E-state index >= 15 is 0 Å². The van der Waals surface area contributed by atoms with Crippen LogP contribution in [-0.4, -0.2) is 17.8 Å². The number of rotatable bonds is 5. The Bertz CT molecular complexity index is 965. The summed E-state index contributed by atoms with van der Waals surface area (Å²) in [6.07, 6.45) is -3.73. The molecule has 6 heteroatoms. The van der Waals surface area contributed by atoms with Crippen LogP contribution in [0.15, 0.2) is 71.9 Å². The summed E-state index contributed by atoms with van der Waals surface area (Å²) in [5, 5.41) is 4.02. The van der Waals surface area contributed by atoms with Gasteiger partial charge in [-0.3, -0.25) is 0 Å². The van der Waals surface area contributed by atoms with Crippen molar-refractivity contribution >= 4 is 5.71 Å². The summed E-state index contributed by atoms with van der Waals surface area (Å²) in [4.78, 5) is 9.64. The minimum atomic E-state index is -4.37. The van der Waals surface area contributed by atoms with Gasteiger partial charge in [0, 0.05) is 11.1 Å². The number of aromatic nitrogens is 1. The van der Waals surface area contributed by atoms with E-state index in [1.54, 1.807) is 6.07 Å². The molecule has 3 nitrogen and oxygen atoms in total. The first-order valence-corrected chi connectivity index (χ1v) is 8.78. The van der Waals surface area contributed by atoms with Crippen molar-refractivity contribution < 1.29 is 18.0 Å². The molecule has 0 aliphatic carbocycles. The number of hydrogen-bond acceptors (Lipinski definition) is 3. The van der Waals surface area contributed by atoms with E-state index in [4.69, 9.17) is 9.82 Å². The van der Waals surface area contributed by atoms with Gasteiger partial charge in [-0.1, -0.05) is 54.5 Å². The Morgan fingerprint density at radius 3 is 2.18 bits per heavy atom. The molecule has 0 aliphatic rings. The highest BCUT2D eigenvalue weighted by atomic mass is 19.4. The van der Waals surface area contributed by atoms with Crippen LogP contribution in [0.3, 0.4) is 0 Å². The minimum absolute atomic E-state index is 0.634. The molecule has 1 aromatic heterocycles. The number of halogens is 3. The molecule has 0 amide bonds. The van der Waals surface area contributed by atoms with Gasteiger partial charge < -0.3 is 4.84 Å². The lowest BCUT2D eigenvalue weighted by molar-refractivity contribution is -0.137. The van der Waals surface area contributed by atoms with E-state index < -0.39 is 11.7 Å². The lowest BCUT2D eigenvalue weighted by Gasteiger charge is -2.13. The van der Waals surface area contributed by atoms with Gasteiger partial charge in [0.05, 0.1) is 17.0 Å². The van der Waals surface area contributed by atoms with Crippen molar-refractivity contribution in [2.45, 2.75) is 19.5 Å². The van der Waals surface area contributed by atoms with Gasteiger partial charge in [0.1, 0.15) is 12.8 Å². The van der Waals surface area contributed by atoms with Crippen LogP contribution >= 0.6 is 0 Å². The maximum atomic E-state index is 12.9. The lowest BCUT2D eigenvalue weighted by Crippen LogP contribution is -2.05. The van der Waals surface area contributed by atoms with Crippen LogP contribution in [0.5, 0.6) is 0 Å². The van der Waals surface area contributed by atoms with Gasteiger partial charge in [0.25, 0.3) is 0 Å². The van der Waals surface area contributed by atoms with Crippen LogP contribution < -0.4 is 0 Å². The van der Waals surface area contributed by atoms with Crippen molar-refractivity contribution in [2.24, 2.45) is 5.16 Å². The molecule has 28 heavy (non-hydrogen) atoms. The lowest BCUT2D eigenvalue weighted by atomic mass is 9.97. The van der Waals surface area contributed by atoms with Crippen molar-refractivity contribution in [1.82, 2.24) is 4.98 Å². The molecular formula is C22H19F3N2O. The van der Waals surface area contributed by atoms with Crippen molar-refractivity contribution in [3.8, 4) is 22.4 Å². The van der Waals surface area contributed by atoms with Gasteiger partial charge in [0.2, 0.25) is 0 Å². The predicted molar refractivity (Wildman–Crippen MR) is 104 cm³/mol. The van der Waals surface area contributed by atoms with E-state index in [1.807, 2.05) is 43.3 Å². The Labute approximate surface area is 161 Å². The first kappa shape index (κ1) is 19.6. The van der Waals surface area contributed by atoms with Crippen molar-refractivity contribution in [3.05, 3.63) is 78.0 Å². The molecule has 0 saturated heterocycles. The molecule has 1 heterocycles. The normalized spacial score (nSPS) is 12.1. The monoisotopic (exact) mass is 384 g/mol. The third-order valence-corrected chi connectivity index (χ3v) is 4.30. The first-order valence-electron chi connectivity index (χ1n) is 8.78. The van der Waals surface area contributed by atoms with Crippen LogP contribution in [0.25, 0.3) is 22.4 Å². The Hall–Kier alpha value is -3.15. The zero-order chi connectivity index (χ0) is 20.1. The molecule has 144 valence electrons. The fourth-order valence-corrected chi connectivity index (χ4v) is 2.91. The second kappa shape index (κ2) is 8.25. The smallest absolute Gasteiger partial charge is 0.399 e. The average molecular weight is 384 g/mol. The Morgan fingerprint density at radius 1 is 0.929 bits per heavy atom. The van der Waals surface area contributed by atoms with Crippen LogP contribution in [0, 0.1) is 0 Å². The third-order valence-electron chi connectivity index (χ3n) is 4.30. The summed E-state index contributed by atoms with van der Waals surface area (Å²) in [5.74, 6) is 0. The Morgan fingerprint density at radius 2 is 1.61 bits per heavy atom. The molecule has 0 aliphatic heterocycles. The number of pyridine rings is 1. The first-order chi connectivity index (χ1) is 13.4. The van der Waals surface area contributed by atoms with Gasteiger partial charge in [-0.05, 0) is 36.2 Å². The molecule has 0 fully saturated rings. The van der Waals surface area contributed by atoms with Gasteiger partial charge in [0.15, 0.2) is 0 Å². The average Bonchev–Trinajstić information content (AvgIpc) is 2.72. The fraction of sp³-hybridized carbons (Fsp3) is 0.182. The van der Waals surface area contributed by atoms with E-state index in [1.165, 1.54) is 19.2 Å². The van der Waals surface area contributed by atoms with Crippen LogP contribution in [0.4, 0.5) is 13.2 Å². The molecule has 3 aromatic rings. The van der Waals surface area contributed by atoms with Gasteiger partial charge >= 0.3 is 6.18 Å². The molecule has 0 atom stereocenters. The van der Waals surface area contributed by atoms with Crippen molar-refractivity contribution in [1.29, 1.82) is 0 Å². The van der Waals surface area contributed by atoms with Gasteiger partial charge in [-0.2, -0.15) is 13.2 Å². The fourth-order valence-electron chi connectivity index (χ4n) is 2.91. The maximum absolute atomic E-state index is 12.9. The molecule has 0 N–H and O–H groups in total. The van der Waals surface area contributed by atoms with E-state index in [0.717, 1.165) is 23.3 Å². The molecule has 0 unspecified atom stereocenters. The topological polar surface area (TPSA) is 34.5 Å². The summed E-state index contributed by atoms with van der Waals surface area (Å²) in [6.45, 7) is 1.95. The number of hydrogen-bond donors (Lipinski definition) is 0.